The zero-order valence-electron chi connectivity index (χ0n) is 14.4. The Balaban J connectivity index is 1.49. The Morgan fingerprint density at radius 2 is 1.82 bits per heavy atom. The van der Waals surface area contributed by atoms with Gasteiger partial charge in [0.2, 0.25) is 0 Å². The minimum absolute atomic E-state index is 0.0194. The fourth-order valence-corrected chi connectivity index (χ4v) is 2.39. The van der Waals surface area contributed by atoms with Crippen molar-refractivity contribution < 1.29 is 26.8 Å². The molecule has 0 bridgehead atoms. The summed E-state index contributed by atoms with van der Waals surface area (Å²) in [7, 11) is 0. The molecule has 28 heavy (non-hydrogen) atoms. The Morgan fingerprint density at radius 3 is 2.50 bits per heavy atom. The van der Waals surface area contributed by atoms with Gasteiger partial charge in [-0.2, -0.15) is 13.2 Å². The van der Waals surface area contributed by atoms with E-state index in [0.29, 0.717) is 0 Å². The van der Waals surface area contributed by atoms with Crippen LogP contribution in [0.25, 0.3) is 11.3 Å². The molecule has 0 aliphatic heterocycles. The van der Waals surface area contributed by atoms with Crippen molar-refractivity contribution in [2.24, 2.45) is 0 Å². The second-order valence-corrected chi connectivity index (χ2v) is 5.76. The lowest BCUT2D eigenvalue weighted by molar-refractivity contribution is -0.137. The van der Waals surface area contributed by atoms with Crippen LogP contribution in [-0.2, 0) is 6.18 Å². The summed E-state index contributed by atoms with van der Waals surface area (Å²) in [6.45, 7) is 0.419. The molecule has 2 N–H and O–H groups in total. The van der Waals surface area contributed by atoms with Crippen LogP contribution in [0.5, 0.6) is 0 Å². The van der Waals surface area contributed by atoms with E-state index in [2.05, 4.69) is 15.6 Å². The molecule has 0 aliphatic rings. The molecule has 3 aromatic rings. The zero-order chi connectivity index (χ0) is 20.1. The van der Waals surface area contributed by atoms with Gasteiger partial charge in [-0.05, 0) is 36.4 Å². The van der Waals surface area contributed by atoms with Gasteiger partial charge in [0.05, 0.1) is 11.1 Å². The Hall–Kier alpha value is -3.36. The van der Waals surface area contributed by atoms with Gasteiger partial charge in [0, 0.05) is 19.3 Å². The first kappa shape index (κ1) is 19.4. The Morgan fingerprint density at radius 1 is 1.04 bits per heavy atom. The molecule has 0 unspecified atom stereocenters. The SMILES string of the molecule is O=C(NCCNc1ccc(C(F)(F)F)cn1)c1ccc(-c2ccccc2F)o1. The van der Waals surface area contributed by atoms with Gasteiger partial charge in [0.15, 0.2) is 5.76 Å². The van der Waals surface area contributed by atoms with Gasteiger partial charge >= 0.3 is 6.18 Å². The van der Waals surface area contributed by atoms with Gasteiger partial charge in [0.1, 0.15) is 17.4 Å². The molecule has 1 aromatic carbocycles. The average Bonchev–Trinajstić information content (AvgIpc) is 3.15. The highest BCUT2D eigenvalue weighted by atomic mass is 19.4. The maximum absolute atomic E-state index is 13.7. The lowest BCUT2D eigenvalue weighted by atomic mass is 10.1. The van der Waals surface area contributed by atoms with Gasteiger partial charge in [-0.15, -0.1) is 0 Å². The van der Waals surface area contributed by atoms with Crippen molar-refractivity contribution in [1.82, 2.24) is 10.3 Å². The summed E-state index contributed by atoms with van der Waals surface area (Å²) in [6, 6.07) is 11.1. The van der Waals surface area contributed by atoms with Crippen LogP contribution in [0.1, 0.15) is 16.1 Å². The van der Waals surface area contributed by atoms with Gasteiger partial charge in [-0.25, -0.2) is 9.37 Å². The van der Waals surface area contributed by atoms with Crippen LogP contribution in [0, 0.1) is 5.82 Å². The number of aromatic nitrogens is 1. The third-order valence-corrected chi connectivity index (χ3v) is 3.78. The quantitative estimate of drug-likeness (QED) is 0.483. The molecule has 0 saturated heterocycles. The molecule has 0 fully saturated rings. The molecule has 0 aliphatic carbocycles. The number of halogens is 4. The van der Waals surface area contributed by atoms with E-state index < -0.39 is 23.5 Å². The number of pyridine rings is 1. The first-order chi connectivity index (χ1) is 13.3. The molecular weight excluding hydrogens is 378 g/mol. The number of rotatable bonds is 6. The zero-order valence-corrected chi connectivity index (χ0v) is 14.4. The monoisotopic (exact) mass is 393 g/mol. The number of benzene rings is 1. The standard InChI is InChI=1S/C19H15F4N3O2/c20-14-4-2-1-3-13(14)15-6-7-16(28-15)18(27)25-10-9-24-17-8-5-12(11-26-17)19(21,22)23/h1-8,11H,9-10H2,(H,24,26)(H,25,27). The second kappa shape index (κ2) is 8.12. The number of carbonyl (C=O) groups is 1. The van der Waals surface area contributed by atoms with E-state index in [1.807, 2.05) is 0 Å². The number of alkyl halides is 3. The molecular formula is C19H15F4N3O2. The Kier molecular flexibility index (Phi) is 5.62. The number of nitrogens with zero attached hydrogens (tertiary/aromatic N) is 1. The van der Waals surface area contributed by atoms with Crippen molar-refractivity contribution in [1.29, 1.82) is 0 Å². The van der Waals surface area contributed by atoms with Crippen molar-refractivity contribution in [2.75, 3.05) is 18.4 Å². The van der Waals surface area contributed by atoms with E-state index in [-0.39, 0.29) is 36.0 Å². The van der Waals surface area contributed by atoms with Crippen LogP contribution in [-0.4, -0.2) is 24.0 Å². The van der Waals surface area contributed by atoms with Gasteiger partial charge < -0.3 is 15.1 Å². The molecule has 3 rings (SSSR count). The van der Waals surface area contributed by atoms with Gasteiger partial charge in [-0.3, -0.25) is 4.79 Å². The minimum atomic E-state index is -4.44. The van der Waals surface area contributed by atoms with E-state index in [0.717, 1.165) is 12.3 Å². The number of hydrogen-bond donors (Lipinski definition) is 2. The lowest BCUT2D eigenvalue weighted by Gasteiger charge is -2.09. The summed E-state index contributed by atoms with van der Waals surface area (Å²) in [5.74, 6) is -0.454. The normalized spacial score (nSPS) is 11.3. The van der Waals surface area contributed by atoms with E-state index in [1.165, 1.54) is 30.3 Å². The summed E-state index contributed by atoms with van der Waals surface area (Å²) in [5, 5.41) is 5.38. The topological polar surface area (TPSA) is 67.2 Å². The summed E-state index contributed by atoms with van der Waals surface area (Å²) in [6.07, 6.45) is -3.71. The average molecular weight is 393 g/mol. The van der Waals surface area contributed by atoms with E-state index in [9.17, 15) is 22.4 Å². The molecule has 9 heteroatoms. The maximum Gasteiger partial charge on any atom is 0.417 e. The highest BCUT2D eigenvalue weighted by molar-refractivity contribution is 5.92. The Labute approximate surface area is 157 Å². The predicted molar refractivity (Wildman–Crippen MR) is 94.2 cm³/mol. The smallest absolute Gasteiger partial charge is 0.417 e. The lowest BCUT2D eigenvalue weighted by Crippen LogP contribution is -2.28. The minimum Gasteiger partial charge on any atom is -0.451 e. The molecule has 2 heterocycles. The molecule has 1 amide bonds. The summed E-state index contributed by atoms with van der Waals surface area (Å²) >= 11 is 0. The van der Waals surface area contributed by atoms with Crippen LogP contribution < -0.4 is 10.6 Å². The molecule has 0 spiro atoms. The van der Waals surface area contributed by atoms with Crippen molar-refractivity contribution in [3.05, 3.63) is 71.9 Å². The summed E-state index contributed by atoms with van der Waals surface area (Å²) in [5.41, 5.74) is -0.591. The van der Waals surface area contributed by atoms with E-state index in [4.69, 9.17) is 4.42 Å². The highest BCUT2D eigenvalue weighted by Gasteiger charge is 2.30. The first-order valence-electron chi connectivity index (χ1n) is 8.24. The maximum atomic E-state index is 13.7. The largest absolute Gasteiger partial charge is 0.451 e. The van der Waals surface area contributed by atoms with Crippen molar-refractivity contribution in [2.45, 2.75) is 6.18 Å². The molecule has 0 saturated carbocycles. The van der Waals surface area contributed by atoms with Crippen LogP contribution in [0.15, 0.2) is 59.1 Å². The molecule has 146 valence electrons. The predicted octanol–water partition coefficient (Wildman–Crippen LogP) is 4.34. The van der Waals surface area contributed by atoms with Crippen molar-refractivity contribution in [3.8, 4) is 11.3 Å². The number of amides is 1. The number of carbonyl (C=O) groups excluding carboxylic acids is 1. The Bertz CT molecular complexity index is 952. The van der Waals surface area contributed by atoms with Gasteiger partial charge in [-0.1, -0.05) is 12.1 Å². The fourth-order valence-electron chi connectivity index (χ4n) is 2.39. The number of furan rings is 1. The van der Waals surface area contributed by atoms with Crippen molar-refractivity contribution >= 4 is 11.7 Å². The number of hydrogen-bond acceptors (Lipinski definition) is 4. The molecule has 0 radical (unpaired) electrons. The van der Waals surface area contributed by atoms with Crippen LogP contribution in [0.3, 0.4) is 0 Å². The van der Waals surface area contributed by atoms with Crippen LogP contribution >= 0.6 is 0 Å². The third kappa shape index (κ3) is 4.67. The summed E-state index contributed by atoms with van der Waals surface area (Å²) < 4.78 is 56.5. The number of anilines is 1. The third-order valence-electron chi connectivity index (χ3n) is 3.78. The van der Waals surface area contributed by atoms with E-state index >= 15 is 0 Å². The first-order valence-corrected chi connectivity index (χ1v) is 8.24. The molecule has 0 atom stereocenters. The van der Waals surface area contributed by atoms with Crippen molar-refractivity contribution in [3.63, 3.8) is 0 Å². The molecule has 5 nitrogen and oxygen atoms in total. The second-order valence-electron chi connectivity index (χ2n) is 5.76. The van der Waals surface area contributed by atoms with Gasteiger partial charge in [0.25, 0.3) is 5.91 Å². The fraction of sp³-hybridized carbons (Fsp3) is 0.158. The van der Waals surface area contributed by atoms with Crippen LogP contribution in [0.4, 0.5) is 23.4 Å². The summed E-state index contributed by atoms with van der Waals surface area (Å²) in [4.78, 5) is 15.7. The van der Waals surface area contributed by atoms with Crippen LogP contribution in [0.2, 0.25) is 0 Å². The number of nitrogens with one attached hydrogen (secondary N) is 2. The molecule has 2 aromatic heterocycles. The highest BCUT2D eigenvalue weighted by Crippen LogP contribution is 2.28. The van der Waals surface area contributed by atoms with E-state index in [1.54, 1.807) is 12.1 Å².